The fourth-order valence-electron chi connectivity index (χ4n) is 1.91. The number of amides is 1. The smallest absolute Gasteiger partial charge is 0.225 e. The predicted octanol–water partition coefficient (Wildman–Crippen LogP) is 1.93. The Kier molecular flexibility index (Phi) is 5.99. The number of hydrogen-bond donors (Lipinski definition) is 2. The van der Waals surface area contributed by atoms with E-state index in [1.165, 1.54) is 0 Å². The highest BCUT2D eigenvalue weighted by Crippen LogP contribution is 2.14. The minimum absolute atomic E-state index is 0.0450. The topological polar surface area (TPSA) is 58.4 Å². The minimum atomic E-state index is 0.0450. The van der Waals surface area contributed by atoms with Gasteiger partial charge in [0.15, 0.2) is 0 Å². The van der Waals surface area contributed by atoms with Gasteiger partial charge in [0.2, 0.25) is 5.91 Å². The molecule has 1 aromatic carbocycles. The van der Waals surface area contributed by atoms with Crippen LogP contribution < -0.4 is 11.1 Å². The van der Waals surface area contributed by atoms with Crippen LogP contribution in [0.3, 0.4) is 0 Å². The lowest BCUT2D eigenvalue weighted by Crippen LogP contribution is -2.37. The molecule has 1 rings (SSSR count). The molecule has 0 radical (unpaired) electrons. The van der Waals surface area contributed by atoms with Gasteiger partial charge in [-0.15, -0.1) is 0 Å². The van der Waals surface area contributed by atoms with Gasteiger partial charge in [-0.2, -0.15) is 0 Å². The summed E-state index contributed by atoms with van der Waals surface area (Å²) in [6.45, 7) is 6.54. The van der Waals surface area contributed by atoms with Gasteiger partial charge in [0, 0.05) is 25.2 Å². The molecule has 0 saturated carbocycles. The third-order valence-corrected chi connectivity index (χ3v) is 3.03. The van der Waals surface area contributed by atoms with Crippen LogP contribution in [0.5, 0.6) is 0 Å². The van der Waals surface area contributed by atoms with Crippen LogP contribution in [0.15, 0.2) is 30.3 Å². The lowest BCUT2D eigenvalue weighted by Gasteiger charge is -2.28. The van der Waals surface area contributed by atoms with Gasteiger partial charge in [0.25, 0.3) is 0 Å². The summed E-state index contributed by atoms with van der Waals surface area (Å²) in [6.07, 6.45) is 0.492. The molecule has 0 heterocycles. The Labute approximate surface area is 116 Å². The molecule has 0 aliphatic rings. The first-order valence-corrected chi connectivity index (χ1v) is 6.66. The van der Waals surface area contributed by atoms with Gasteiger partial charge in [0.1, 0.15) is 0 Å². The summed E-state index contributed by atoms with van der Waals surface area (Å²) >= 11 is 0. The van der Waals surface area contributed by atoms with E-state index in [0.29, 0.717) is 13.0 Å². The van der Waals surface area contributed by atoms with Crippen LogP contribution in [-0.2, 0) is 4.79 Å². The second kappa shape index (κ2) is 7.26. The fourth-order valence-corrected chi connectivity index (χ4v) is 1.91. The largest absolute Gasteiger partial charge is 0.330 e. The van der Waals surface area contributed by atoms with Gasteiger partial charge in [-0.05, 0) is 31.1 Å². The highest BCUT2D eigenvalue weighted by Gasteiger charge is 2.18. The quantitative estimate of drug-likeness (QED) is 0.790. The molecule has 3 N–H and O–H groups in total. The third-order valence-electron chi connectivity index (χ3n) is 3.03. The molecule has 0 atom stereocenters. The summed E-state index contributed by atoms with van der Waals surface area (Å²) in [7, 11) is 2.02. The Hall–Kier alpha value is -1.39. The van der Waals surface area contributed by atoms with Crippen molar-refractivity contribution in [1.82, 2.24) is 4.90 Å². The van der Waals surface area contributed by atoms with E-state index in [4.69, 9.17) is 5.73 Å². The molecule has 0 spiro atoms. The monoisotopic (exact) mass is 263 g/mol. The summed E-state index contributed by atoms with van der Waals surface area (Å²) < 4.78 is 0. The first kappa shape index (κ1) is 15.7. The number of nitrogens with one attached hydrogen (secondary N) is 1. The maximum absolute atomic E-state index is 11.8. The summed E-state index contributed by atoms with van der Waals surface area (Å²) in [5, 5.41) is 2.88. The average Bonchev–Trinajstić information content (AvgIpc) is 2.37. The van der Waals surface area contributed by atoms with Crippen LogP contribution >= 0.6 is 0 Å². The zero-order chi connectivity index (χ0) is 14.3. The van der Waals surface area contributed by atoms with Crippen molar-refractivity contribution in [1.29, 1.82) is 0 Å². The lowest BCUT2D eigenvalue weighted by atomic mass is 9.93. The number of carbonyl (C=O) groups excluding carboxylic acids is 1. The molecule has 1 aromatic rings. The van der Waals surface area contributed by atoms with Crippen molar-refractivity contribution in [2.45, 2.75) is 20.3 Å². The van der Waals surface area contributed by atoms with Crippen molar-refractivity contribution in [2.75, 3.05) is 32.0 Å². The Morgan fingerprint density at radius 3 is 2.53 bits per heavy atom. The Morgan fingerprint density at radius 2 is 1.95 bits per heavy atom. The zero-order valence-electron chi connectivity index (χ0n) is 12.1. The number of hydrogen-bond acceptors (Lipinski definition) is 3. The average molecular weight is 263 g/mol. The predicted molar refractivity (Wildman–Crippen MR) is 80.0 cm³/mol. The van der Waals surface area contributed by atoms with Crippen LogP contribution in [-0.4, -0.2) is 37.5 Å². The number of para-hydroxylation sites is 1. The fraction of sp³-hybridized carbons (Fsp3) is 0.533. The van der Waals surface area contributed by atoms with Crippen LogP contribution in [0.4, 0.5) is 5.69 Å². The number of nitrogens with zero attached hydrogens (tertiary/aromatic N) is 1. The van der Waals surface area contributed by atoms with E-state index in [9.17, 15) is 4.79 Å². The van der Waals surface area contributed by atoms with E-state index in [-0.39, 0.29) is 11.3 Å². The summed E-state index contributed by atoms with van der Waals surface area (Å²) in [5.41, 5.74) is 6.64. The second-order valence-corrected chi connectivity index (χ2v) is 5.77. The SMILES string of the molecule is CN(CCC(=O)Nc1ccccc1)CC(C)(C)CN. The number of rotatable bonds is 7. The number of anilines is 1. The van der Waals surface area contributed by atoms with E-state index in [1.807, 2.05) is 37.4 Å². The molecule has 4 heteroatoms. The van der Waals surface area contributed by atoms with Crippen molar-refractivity contribution in [2.24, 2.45) is 11.1 Å². The first-order valence-electron chi connectivity index (χ1n) is 6.66. The van der Waals surface area contributed by atoms with Gasteiger partial charge < -0.3 is 16.0 Å². The molecule has 19 heavy (non-hydrogen) atoms. The second-order valence-electron chi connectivity index (χ2n) is 5.77. The van der Waals surface area contributed by atoms with Crippen LogP contribution in [0.2, 0.25) is 0 Å². The third kappa shape index (κ3) is 6.36. The maximum Gasteiger partial charge on any atom is 0.225 e. The van der Waals surface area contributed by atoms with E-state index in [0.717, 1.165) is 18.8 Å². The highest BCUT2D eigenvalue weighted by molar-refractivity contribution is 5.90. The van der Waals surface area contributed by atoms with Gasteiger partial charge in [-0.25, -0.2) is 0 Å². The van der Waals surface area contributed by atoms with Crippen molar-refractivity contribution in [3.63, 3.8) is 0 Å². The molecule has 0 fully saturated rings. The van der Waals surface area contributed by atoms with E-state index in [2.05, 4.69) is 24.1 Å². The van der Waals surface area contributed by atoms with Crippen molar-refractivity contribution in [3.8, 4) is 0 Å². The standard InChI is InChI=1S/C15H25N3O/c1-15(2,11-16)12-18(3)10-9-14(19)17-13-7-5-4-6-8-13/h4-8H,9-12,16H2,1-3H3,(H,17,19). The number of carbonyl (C=O) groups is 1. The Balaban J connectivity index is 2.30. The summed E-state index contributed by atoms with van der Waals surface area (Å²) in [4.78, 5) is 13.9. The van der Waals surface area contributed by atoms with Gasteiger partial charge in [-0.1, -0.05) is 32.0 Å². The van der Waals surface area contributed by atoms with Crippen LogP contribution in [0, 0.1) is 5.41 Å². The molecule has 4 nitrogen and oxygen atoms in total. The lowest BCUT2D eigenvalue weighted by molar-refractivity contribution is -0.116. The van der Waals surface area contributed by atoms with E-state index >= 15 is 0 Å². The Bertz CT molecular complexity index is 390. The molecule has 1 amide bonds. The normalized spacial score (nSPS) is 11.6. The van der Waals surface area contributed by atoms with Crippen molar-refractivity contribution < 1.29 is 4.79 Å². The van der Waals surface area contributed by atoms with E-state index in [1.54, 1.807) is 0 Å². The van der Waals surface area contributed by atoms with Gasteiger partial charge in [0.05, 0.1) is 0 Å². The Morgan fingerprint density at radius 1 is 1.32 bits per heavy atom. The van der Waals surface area contributed by atoms with Crippen molar-refractivity contribution in [3.05, 3.63) is 30.3 Å². The molecule has 0 aromatic heterocycles. The highest BCUT2D eigenvalue weighted by atomic mass is 16.1. The molecule has 0 aliphatic carbocycles. The molecule has 0 unspecified atom stereocenters. The summed E-state index contributed by atoms with van der Waals surface area (Å²) in [5.74, 6) is 0.0450. The molecule has 0 aliphatic heterocycles. The number of benzene rings is 1. The summed E-state index contributed by atoms with van der Waals surface area (Å²) in [6, 6.07) is 9.52. The van der Waals surface area contributed by atoms with E-state index < -0.39 is 0 Å². The molecular formula is C15H25N3O. The van der Waals surface area contributed by atoms with Gasteiger partial charge >= 0.3 is 0 Å². The molecule has 106 valence electrons. The van der Waals surface area contributed by atoms with Gasteiger partial charge in [-0.3, -0.25) is 4.79 Å². The molecular weight excluding hydrogens is 238 g/mol. The minimum Gasteiger partial charge on any atom is -0.330 e. The van der Waals surface area contributed by atoms with Crippen LogP contribution in [0.1, 0.15) is 20.3 Å². The zero-order valence-corrected chi connectivity index (χ0v) is 12.1. The first-order chi connectivity index (χ1) is 8.93. The molecule has 0 saturated heterocycles. The maximum atomic E-state index is 11.8. The number of nitrogens with two attached hydrogens (primary N) is 1. The van der Waals surface area contributed by atoms with Crippen molar-refractivity contribution >= 4 is 11.6 Å². The van der Waals surface area contributed by atoms with Crippen LogP contribution in [0.25, 0.3) is 0 Å². The molecule has 0 bridgehead atoms.